The highest BCUT2D eigenvalue weighted by atomic mass is 16.3. The Labute approximate surface area is 192 Å². The molecule has 2 aliphatic carbocycles. The van der Waals surface area contributed by atoms with Crippen molar-refractivity contribution in [3.8, 4) is 0 Å². The quantitative estimate of drug-likeness (QED) is 0.295. The van der Waals surface area contributed by atoms with E-state index in [2.05, 4.69) is 30.4 Å². The summed E-state index contributed by atoms with van der Waals surface area (Å²) in [6, 6.07) is 8.21. The van der Waals surface area contributed by atoms with E-state index in [0.29, 0.717) is 37.6 Å². The number of unbranched alkanes of at least 4 members (excludes halogenated alkanes) is 1. The van der Waals surface area contributed by atoms with Crippen molar-refractivity contribution < 1.29 is 20.1 Å². The van der Waals surface area contributed by atoms with Crippen molar-refractivity contribution in [2.24, 2.45) is 17.8 Å². The number of benzene rings is 1. The van der Waals surface area contributed by atoms with Crippen LogP contribution in [0, 0.1) is 24.7 Å². The topological polar surface area (TPSA) is 89.8 Å². The van der Waals surface area contributed by atoms with Gasteiger partial charge in [-0.1, -0.05) is 53.6 Å². The summed E-state index contributed by atoms with van der Waals surface area (Å²) < 4.78 is 0. The lowest BCUT2D eigenvalue weighted by atomic mass is 9.88. The zero-order valence-electron chi connectivity index (χ0n) is 19.2. The molecule has 5 nitrogen and oxygen atoms in total. The van der Waals surface area contributed by atoms with Crippen LogP contribution in [0.5, 0.6) is 0 Å². The molecule has 0 heterocycles. The van der Waals surface area contributed by atoms with E-state index in [1.807, 2.05) is 24.3 Å². The van der Waals surface area contributed by atoms with Gasteiger partial charge in [-0.25, -0.2) is 0 Å². The first-order valence-electron chi connectivity index (χ1n) is 12.1. The molecule has 32 heavy (non-hydrogen) atoms. The van der Waals surface area contributed by atoms with E-state index in [1.54, 1.807) is 0 Å². The maximum absolute atomic E-state index is 11.7. The minimum absolute atomic E-state index is 0.0632. The number of amides is 1. The molecule has 1 aromatic rings. The van der Waals surface area contributed by atoms with Gasteiger partial charge in [-0.05, 0) is 62.8 Å². The van der Waals surface area contributed by atoms with Crippen LogP contribution in [0.1, 0.15) is 56.1 Å². The van der Waals surface area contributed by atoms with Gasteiger partial charge in [0.25, 0.3) is 0 Å². The first-order chi connectivity index (χ1) is 15.5. The maximum atomic E-state index is 11.7. The normalized spacial score (nSPS) is 25.7. The van der Waals surface area contributed by atoms with Crippen LogP contribution in [0.4, 0.5) is 0 Å². The van der Waals surface area contributed by atoms with E-state index < -0.39 is 6.10 Å². The number of fused-ring (bicyclic) bond motifs is 1. The van der Waals surface area contributed by atoms with Crippen molar-refractivity contribution in [2.45, 2.75) is 70.5 Å². The molecule has 5 heteroatoms. The second kappa shape index (κ2) is 12.3. The molecule has 4 N–H and O–H groups in total. The van der Waals surface area contributed by atoms with Crippen LogP contribution in [-0.2, 0) is 11.2 Å². The molecular weight excluding hydrogens is 402 g/mol. The largest absolute Gasteiger partial charge is 0.396 e. The molecule has 1 amide bonds. The molecule has 1 aromatic carbocycles. The highest BCUT2D eigenvalue weighted by Crippen LogP contribution is 2.48. The second-order valence-electron chi connectivity index (χ2n) is 9.52. The van der Waals surface area contributed by atoms with E-state index in [0.717, 1.165) is 37.7 Å². The van der Waals surface area contributed by atoms with Crippen LogP contribution >= 0.6 is 0 Å². The van der Waals surface area contributed by atoms with E-state index in [1.165, 1.54) is 11.1 Å². The molecule has 3 rings (SSSR count). The predicted octanol–water partition coefficient (Wildman–Crippen LogP) is 3.46. The van der Waals surface area contributed by atoms with Crippen molar-refractivity contribution >= 4 is 5.91 Å². The highest BCUT2D eigenvalue weighted by molar-refractivity contribution is 5.75. The molecule has 176 valence electrons. The third-order valence-corrected chi connectivity index (χ3v) is 6.84. The van der Waals surface area contributed by atoms with Crippen LogP contribution in [0.25, 0.3) is 0 Å². The van der Waals surface area contributed by atoms with Crippen molar-refractivity contribution in [3.05, 3.63) is 59.2 Å². The van der Waals surface area contributed by atoms with Crippen LogP contribution in [0.3, 0.4) is 0 Å². The number of aliphatic hydroxyl groups excluding tert-OH is 3. The molecule has 0 radical (unpaired) electrons. The Hall–Kier alpha value is -1.95. The second-order valence-corrected chi connectivity index (χ2v) is 9.52. The molecule has 0 unspecified atom stereocenters. The van der Waals surface area contributed by atoms with Crippen molar-refractivity contribution in [3.63, 3.8) is 0 Å². The van der Waals surface area contributed by atoms with Gasteiger partial charge in [0, 0.05) is 31.9 Å². The molecule has 0 spiro atoms. The van der Waals surface area contributed by atoms with Gasteiger partial charge in [0.2, 0.25) is 5.91 Å². The lowest BCUT2D eigenvalue weighted by molar-refractivity contribution is -0.121. The van der Waals surface area contributed by atoms with Gasteiger partial charge in [0.15, 0.2) is 0 Å². The Morgan fingerprint density at radius 1 is 1.28 bits per heavy atom. The third-order valence-electron chi connectivity index (χ3n) is 6.84. The summed E-state index contributed by atoms with van der Waals surface area (Å²) >= 11 is 0. The van der Waals surface area contributed by atoms with Crippen LogP contribution in [0.15, 0.2) is 48.1 Å². The number of carbonyl (C=O) groups excluding carboxylic acids is 1. The summed E-state index contributed by atoms with van der Waals surface area (Å²) in [5.41, 5.74) is 3.77. The van der Waals surface area contributed by atoms with E-state index in [-0.39, 0.29) is 24.5 Å². The summed E-state index contributed by atoms with van der Waals surface area (Å²) in [6.45, 7) is 2.70. The zero-order chi connectivity index (χ0) is 22.9. The molecule has 2 aliphatic rings. The molecule has 0 saturated heterocycles. The van der Waals surface area contributed by atoms with Gasteiger partial charge < -0.3 is 20.6 Å². The summed E-state index contributed by atoms with van der Waals surface area (Å²) in [4.78, 5) is 11.7. The summed E-state index contributed by atoms with van der Waals surface area (Å²) in [5.74, 6) is 1.00. The number of aryl methyl sites for hydroxylation is 1. The minimum Gasteiger partial charge on any atom is -0.396 e. The average Bonchev–Trinajstić information content (AvgIpc) is 3.26. The van der Waals surface area contributed by atoms with Gasteiger partial charge in [0.05, 0.1) is 12.2 Å². The number of hydrogen-bond donors (Lipinski definition) is 4. The Bertz CT molecular complexity index is 803. The first-order valence-corrected chi connectivity index (χ1v) is 12.1. The maximum Gasteiger partial charge on any atom is 0.219 e. The van der Waals surface area contributed by atoms with E-state index in [9.17, 15) is 15.0 Å². The number of allylic oxidation sites excluding steroid dienone is 2. The Kier molecular flexibility index (Phi) is 9.51. The lowest BCUT2D eigenvalue weighted by Crippen LogP contribution is -2.24. The number of nitrogens with one attached hydrogen (secondary N) is 1. The number of aliphatic hydroxyl groups is 3. The first kappa shape index (κ1) is 24.7. The average molecular weight is 442 g/mol. The van der Waals surface area contributed by atoms with Gasteiger partial charge in [-0.15, -0.1) is 0 Å². The predicted molar refractivity (Wildman–Crippen MR) is 127 cm³/mol. The number of hydrogen-bond acceptors (Lipinski definition) is 4. The monoisotopic (exact) mass is 441 g/mol. The van der Waals surface area contributed by atoms with E-state index in [4.69, 9.17) is 5.11 Å². The SMILES string of the molecule is Cc1cccc(C[C@@H](O)/C=C/[C@@H]2[C@H]3CC(CCCCC(=O)NCCCO)=C[C@H]3C[C@H]2O)c1. The molecule has 0 aliphatic heterocycles. The highest BCUT2D eigenvalue weighted by Gasteiger charge is 2.43. The number of carbonyl (C=O) groups is 1. The molecule has 5 atom stereocenters. The fraction of sp³-hybridized carbons (Fsp3) is 0.593. The molecule has 1 saturated carbocycles. The zero-order valence-corrected chi connectivity index (χ0v) is 19.2. The molecular formula is C27H39NO4. The molecule has 0 aromatic heterocycles. The van der Waals surface area contributed by atoms with Crippen molar-refractivity contribution in [1.82, 2.24) is 5.32 Å². The van der Waals surface area contributed by atoms with Crippen LogP contribution < -0.4 is 5.32 Å². The fourth-order valence-corrected chi connectivity index (χ4v) is 5.23. The number of rotatable bonds is 12. The minimum atomic E-state index is -0.541. The summed E-state index contributed by atoms with van der Waals surface area (Å²) in [6.07, 6.45) is 11.8. The van der Waals surface area contributed by atoms with Gasteiger partial charge in [0.1, 0.15) is 0 Å². The van der Waals surface area contributed by atoms with Crippen LogP contribution in [0.2, 0.25) is 0 Å². The Morgan fingerprint density at radius 2 is 2.12 bits per heavy atom. The smallest absolute Gasteiger partial charge is 0.219 e. The van der Waals surface area contributed by atoms with Gasteiger partial charge >= 0.3 is 0 Å². The summed E-state index contributed by atoms with van der Waals surface area (Å²) in [5, 5.41) is 32.6. The summed E-state index contributed by atoms with van der Waals surface area (Å²) in [7, 11) is 0. The molecule has 1 fully saturated rings. The fourth-order valence-electron chi connectivity index (χ4n) is 5.23. The van der Waals surface area contributed by atoms with Crippen LogP contribution in [-0.4, -0.2) is 46.6 Å². The third kappa shape index (κ3) is 7.29. The van der Waals surface area contributed by atoms with Gasteiger partial charge in [-0.3, -0.25) is 4.79 Å². The lowest BCUT2D eigenvalue weighted by Gasteiger charge is -2.19. The standard InChI is InChI=1S/C27H39NO4/c1-19-6-4-8-20(14-19)16-23(30)10-11-24-25-17-21(15-22(25)18-26(24)31)7-2-3-9-27(32)28-12-5-13-29/h4,6,8,10-11,14-15,22-26,29-31H,2-3,5,7,9,12-13,16-18H2,1H3,(H,28,32)/b11-10+/t22-,23-,24+,25-,26+/m0/s1. The van der Waals surface area contributed by atoms with Crippen molar-refractivity contribution in [1.29, 1.82) is 0 Å². The van der Waals surface area contributed by atoms with E-state index >= 15 is 0 Å². The Morgan fingerprint density at radius 3 is 2.91 bits per heavy atom. The van der Waals surface area contributed by atoms with Gasteiger partial charge in [-0.2, -0.15) is 0 Å². The van der Waals surface area contributed by atoms with Crippen molar-refractivity contribution in [2.75, 3.05) is 13.2 Å². The Balaban J connectivity index is 1.41. The molecule has 0 bridgehead atoms.